The minimum atomic E-state index is -4.88. The van der Waals surface area contributed by atoms with E-state index in [1.165, 1.54) is 37.5 Å². The third-order valence-electron chi connectivity index (χ3n) is 4.23. The summed E-state index contributed by atoms with van der Waals surface area (Å²) in [5.74, 6) is -1.34. The zero-order valence-corrected chi connectivity index (χ0v) is 17.2. The topological polar surface area (TPSA) is 80.1 Å². The molecule has 31 heavy (non-hydrogen) atoms. The van der Waals surface area contributed by atoms with Crippen LogP contribution in [0.15, 0.2) is 48.8 Å². The first-order valence-electron chi connectivity index (χ1n) is 8.95. The lowest BCUT2D eigenvalue weighted by Crippen LogP contribution is -2.36. The fourth-order valence-corrected chi connectivity index (χ4v) is 3.05. The molecule has 2 aromatic heterocycles. The van der Waals surface area contributed by atoms with Gasteiger partial charge in [0, 0.05) is 18.3 Å². The van der Waals surface area contributed by atoms with Crippen LogP contribution < -0.4 is 5.32 Å². The van der Waals surface area contributed by atoms with E-state index < -0.39 is 35.8 Å². The number of likely N-dealkylation sites (N-methyl/N-ethyl adjacent to an activating group) is 1. The van der Waals surface area contributed by atoms with Crippen LogP contribution in [-0.2, 0) is 11.0 Å². The van der Waals surface area contributed by atoms with Gasteiger partial charge in [-0.1, -0.05) is 17.7 Å². The van der Waals surface area contributed by atoms with E-state index in [1.54, 1.807) is 12.1 Å². The van der Waals surface area contributed by atoms with E-state index in [2.05, 4.69) is 15.4 Å². The smallest absolute Gasteiger partial charge is 0.332 e. The standard InChI is InChI=1S/C20H17ClF3N5O2/c1-12-6-7-25-16(8-12)27-17(30)11-28(2)19(31)15-10-26-29(18(15)20(22,23)24)14-5-3-4-13(21)9-14/h3-10H,11H2,1-2H3,(H,25,27,30). The summed E-state index contributed by atoms with van der Waals surface area (Å²) in [6.45, 7) is 1.33. The predicted octanol–water partition coefficient (Wildman–Crippen LogP) is 3.96. The third kappa shape index (κ3) is 5.21. The van der Waals surface area contributed by atoms with Gasteiger partial charge >= 0.3 is 6.18 Å². The maximum Gasteiger partial charge on any atom is 0.434 e. The van der Waals surface area contributed by atoms with Crippen LogP contribution in [0.25, 0.3) is 5.69 Å². The maximum absolute atomic E-state index is 13.8. The van der Waals surface area contributed by atoms with E-state index in [9.17, 15) is 22.8 Å². The fourth-order valence-electron chi connectivity index (χ4n) is 2.86. The van der Waals surface area contributed by atoms with Gasteiger partial charge in [-0.25, -0.2) is 9.67 Å². The van der Waals surface area contributed by atoms with Crippen molar-refractivity contribution >= 4 is 29.2 Å². The van der Waals surface area contributed by atoms with Gasteiger partial charge in [0.2, 0.25) is 5.91 Å². The van der Waals surface area contributed by atoms with E-state index in [-0.39, 0.29) is 16.5 Å². The molecule has 3 rings (SSSR count). The number of benzene rings is 1. The average molecular weight is 452 g/mol. The molecule has 0 aliphatic carbocycles. The van der Waals surface area contributed by atoms with E-state index in [0.29, 0.717) is 4.68 Å². The molecule has 2 amide bonds. The Kier molecular flexibility index (Phi) is 6.30. The summed E-state index contributed by atoms with van der Waals surface area (Å²) >= 11 is 5.87. The zero-order valence-electron chi connectivity index (χ0n) is 16.4. The van der Waals surface area contributed by atoms with Crippen molar-refractivity contribution in [3.05, 3.63) is 70.6 Å². The van der Waals surface area contributed by atoms with Gasteiger partial charge in [0.15, 0.2) is 5.69 Å². The number of hydrogen-bond acceptors (Lipinski definition) is 4. The number of pyridine rings is 1. The van der Waals surface area contributed by atoms with Gasteiger partial charge in [0.1, 0.15) is 5.82 Å². The lowest BCUT2D eigenvalue weighted by molar-refractivity contribution is -0.143. The summed E-state index contributed by atoms with van der Waals surface area (Å²) in [6, 6.07) is 9.01. The van der Waals surface area contributed by atoms with Crippen molar-refractivity contribution in [2.24, 2.45) is 0 Å². The highest BCUT2D eigenvalue weighted by molar-refractivity contribution is 6.30. The molecule has 3 aromatic rings. The first kappa shape index (κ1) is 22.3. The fraction of sp³-hybridized carbons (Fsp3) is 0.200. The van der Waals surface area contributed by atoms with Crippen molar-refractivity contribution in [1.82, 2.24) is 19.7 Å². The number of alkyl halides is 3. The Balaban J connectivity index is 1.84. The Morgan fingerprint density at radius 2 is 1.97 bits per heavy atom. The van der Waals surface area contributed by atoms with Gasteiger partial charge < -0.3 is 10.2 Å². The molecule has 162 valence electrons. The Morgan fingerprint density at radius 3 is 2.61 bits per heavy atom. The van der Waals surface area contributed by atoms with Crippen molar-refractivity contribution in [2.75, 3.05) is 18.9 Å². The number of anilines is 1. The molecule has 0 saturated heterocycles. The highest BCUT2D eigenvalue weighted by Crippen LogP contribution is 2.34. The molecule has 0 atom stereocenters. The van der Waals surface area contributed by atoms with Gasteiger partial charge in [0.25, 0.3) is 5.91 Å². The number of aryl methyl sites for hydroxylation is 1. The number of nitrogens with zero attached hydrogens (tertiary/aromatic N) is 4. The highest BCUT2D eigenvalue weighted by atomic mass is 35.5. The summed E-state index contributed by atoms with van der Waals surface area (Å²) in [6.07, 6.45) is -2.55. The van der Waals surface area contributed by atoms with E-state index in [4.69, 9.17) is 11.6 Å². The highest BCUT2D eigenvalue weighted by Gasteiger charge is 2.41. The molecule has 0 aliphatic rings. The Morgan fingerprint density at radius 1 is 1.23 bits per heavy atom. The molecule has 0 aliphatic heterocycles. The molecule has 1 N–H and O–H groups in total. The van der Waals surface area contributed by atoms with Crippen LogP contribution in [0.5, 0.6) is 0 Å². The number of halogens is 4. The summed E-state index contributed by atoms with van der Waals surface area (Å²) in [7, 11) is 1.22. The van der Waals surface area contributed by atoms with Crippen molar-refractivity contribution in [1.29, 1.82) is 0 Å². The van der Waals surface area contributed by atoms with Crippen molar-refractivity contribution in [2.45, 2.75) is 13.1 Å². The zero-order chi connectivity index (χ0) is 22.8. The van der Waals surface area contributed by atoms with Crippen LogP contribution in [0.2, 0.25) is 5.02 Å². The molecule has 7 nitrogen and oxygen atoms in total. The third-order valence-corrected chi connectivity index (χ3v) is 4.47. The molecule has 0 bridgehead atoms. The second-order valence-electron chi connectivity index (χ2n) is 6.72. The van der Waals surface area contributed by atoms with Crippen LogP contribution in [0, 0.1) is 6.92 Å². The van der Waals surface area contributed by atoms with E-state index in [0.717, 1.165) is 16.7 Å². The lowest BCUT2D eigenvalue weighted by atomic mass is 10.2. The quantitative estimate of drug-likeness (QED) is 0.636. The second-order valence-corrected chi connectivity index (χ2v) is 7.16. The minimum Gasteiger partial charge on any atom is -0.332 e. The lowest BCUT2D eigenvalue weighted by Gasteiger charge is -2.18. The monoisotopic (exact) mass is 451 g/mol. The van der Waals surface area contributed by atoms with Crippen molar-refractivity contribution in [3.8, 4) is 5.69 Å². The first-order valence-corrected chi connectivity index (χ1v) is 9.33. The van der Waals surface area contributed by atoms with Crippen LogP contribution >= 0.6 is 11.6 Å². The molecule has 0 radical (unpaired) electrons. The summed E-state index contributed by atoms with van der Waals surface area (Å²) in [5, 5.41) is 6.45. The Hall–Kier alpha value is -3.40. The molecule has 0 unspecified atom stereocenters. The SMILES string of the molecule is Cc1ccnc(NC(=O)CN(C)C(=O)c2cnn(-c3cccc(Cl)c3)c2C(F)(F)F)c1. The Bertz CT molecular complexity index is 1130. The van der Waals surface area contributed by atoms with Crippen molar-refractivity contribution < 1.29 is 22.8 Å². The van der Waals surface area contributed by atoms with Crippen LogP contribution in [-0.4, -0.2) is 45.1 Å². The van der Waals surface area contributed by atoms with Gasteiger partial charge in [0.05, 0.1) is 24.0 Å². The summed E-state index contributed by atoms with van der Waals surface area (Å²) < 4.78 is 42.0. The number of hydrogen-bond donors (Lipinski definition) is 1. The number of rotatable bonds is 5. The summed E-state index contributed by atoms with van der Waals surface area (Å²) in [4.78, 5) is 29.8. The van der Waals surface area contributed by atoms with Gasteiger partial charge in [-0.05, 0) is 42.8 Å². The number of aromatic nitrogens is 3. The average Bonchev–Trinajstić information content (AvgIpc) is 3.13. The molecular formula is C20H17ClF3N5O2. The van der Waals surface area contributed by atoms with Crippen molar-refractivity contribution in [3.63, 3.8) is 0 Å². The van der Waals surface area contributed by atoms with E-state index in [1.807, 2.05) is 6.92 Å². The number of nitrogens with one attached hydrogen (secondary N) is 1. The minimum absolute atomic E-state index is 0.0461. The summed E-state index contributed by atoms with van der Waals surface area (Å²) in [5.41, 5.74) is -1.04. The van der Waals surface area contributed by atoms with E-state index >= 15 is 0 Å². The molecule has 0 saturated carbocycles. The van der Waals surface area contributed by atoms with Gasteiger partial charge in [-0.3, -0.25) is 9.59 Å². The van der Waals surface area contributed by atoms with Crippen LogP contribution in [0.4, 0.5) is 19.0 Å². The first-order chi connectivity index (χ1) is 14.6. The molecular weight excluding hydrogens is 435 g/mol. The molecule has 0 fully saturated rings. The number of carbonyl (C=O) groups excluding carboxylic acids is 2. The number of amides is 2. The normalized spacial score (nSPS) is 11.3. The number of carbonyl (C=O) groups is 2. The second kappa shape index (κ2) is 8.76. The molecule has 2 heterocycles. The maximum atomic E-state index is 13.8. The largest absolute Gasteiger partial charge is 0.434 e. The van der Waals surface area contributed by atoms with Crippen LogP contribution in [0.1, 0.15) is 21.6 Å². The predicted molar refractivity (Wildman–Crippen MR) is 108 cm³/mol. The van der Waals surface area contributed by atoms with Gasteiger partial charge in [-0.15, -0.1) is 0 Å². The molecule has 1 aromatic carbocycles. The molecule has 0 spiro atoms. The molecule has 11 heteroatoms. The Labute approximate surface area is 180 Å². The van der Waals surface area contributed by atoms with Crippen LogP contribution in [0.3, 0.4) is 0 Å². The van der Waals surface area contributed by atoms with Gasteiger partial charge in [-0.2, -0.15) is 18.3 Å².